The number of carbonyl (C=O) groups excluding carboxylic acids is 1. The van der Waals surface area contributed by atoms with Crippen molar-refractivity contribution in [2.24, 2.45) is 5.92 Å². The minimum absolute atomic E-state index is 0.289. The molecule has 4 heteroatoms. The van der Waals surface area contributed by atoms with Crippen molar-refractivity contribution in [3.8, 4) is 0 Å². The van der Waals surface area contributed by atoms with Gasteiger partial charge < -0.3 is 14.8 Å². The second-order valence-corrected chi connectivity index (χ2v) is 4.84. The molecule has 0 aromatic heterocycles. The summed E-state index contributed by atoms with van der Waals surface area (Å²) >= 11 is 0. The average Bonchev–Trinajstić information content (AvgIpc) is 3.26. The molecule has 0 aliphatic heterocycles. The van der Waals surface area contributed by atoms with Crippen molar-refractivity contribution in [2.75, 3.05) is 26.9 Å². The summed E-state index contributed by atoms with van der Waals surface area (Å²) in [4.78, 5) is 11.6. The van der Waals surface area contributed by atoms with Crippen molar-refractivity contribution in [1.82, 2.24) is 5.32 Å². The van der Waals surface area contributed by atoms with E-state index >= 15 is 0 Å². The molecule has 1 aromatic carbocycles. The first kappa shape index (κ1) is 14.0. The second-order valence-electron chi connectivity index (χ2n) is 4.84. The molecule has 104 valence electrons. The van der Waals surface area contributed by atoms with Crippen LogP contribution >= 0.6 is 0 Å². The third-order valence-corrected chi connectivity index (χ3v) is 3.21. The number of hydrogen-bond acceptors (Lipinski definition) is 4. The van der Waals surface area contributed by atoms with Gasteiger partial charge in [-0.1, -0.05) is 18.2 Å². The molecule has 1 N–H and O–H groups in total. The summed E-state index contributed by atoms with van der Waals surface area (Å²) in [7, 11) is 1.40. The normalized spacial score (nSPS) is 14.4. The van der Waals surface area contributed by atoms with Crippen LogP contribution in [-0.2, 0) is 16.0 Å². The van der Waals surface area contributed by atoms with E-state index in [9.17, 15) is 4.79 Å². The first-order valence-electron chi connectivity index (χ1n) is 6.76. The van der Waals surface area contributed by atoms with Gasteiger partial charge in [-0.25, -0.2) is 4.79 Å². The average molecular weight is 263 g/mol. The Kier molecular flexibility index (Phi) is 5.36. The fourth-order valence-corrected chi connectivity index (χ4v) is 1.89. The van der Waals surface area contributed by atoms with Gasteiger partial charge in [0.2, 0.25) is 0 Å². The van der Waals surface area contributed by atoms with Crippen molar-refractivity contribution < 1.29 is 14.3 Å². The van der Waals surface area contributed by atoms with Crippen LogP contribution in [0.3, 0.4) is 0 Å². The van der Waals surface area contributed by atoms with Crippen LogP contribution in [0.2, 0.25) is 0 Å². The van der Waals surface area contributed by atoms with E-state index in [1.54, 1.807) is 6.07 Å². The Bertz CT molecular complexity index is 416. The van der Waals surface area contributed by atoms with Crippen molar-refractivity contribution >= 4 is 5.97 Å². The number of hydrogen-bond donors (Lipinski definition) is 1. The second kappa shape index (κ2) is 7.26. The van der Waals surface area contributed by atoms with Gasteiger partial charge in [-0.15, -0.1) is 0 Å². The molecule has 0 unspecified atom stereocenters. The maximum atomic E-state index is 11.6. The lowest BCUT2D eigenvalue weighted by molar-refractivity contribution is 0.0599. The van der Waals surface area contributed by atoms with E-state index in [1.807, 2.05) is 18.2 Å². The van der Waals surface area contributed by atoms with Gasteiger partial charge in [0.1, 0.15) is 0 Å². The number of methoxy groups -OCH3 is 1. The Morgan fingerprint density at radius 3 is 2.89 bits per heavy atom. The lowest BCUT2D eigenvalue weighted by Gasteiger charge is -2.09. The Labute approximate surface area is 114 Å². The monoisotopic (exact) mass is 263 g/mol. The Balaban J connectivity index is 1.70. The van der Waals surface area contributed by atoms with E-state index < -0.39 is 0 Å². The van der Waals surface area contributed by atoms with Crippen LogP contribution in [0.25, 0.3) is 0 Å². The van der Waals surface area contributed by atoms with E-state index in [2.05, 4.69) is 5.32 Å². The molecule has 1 aliphatic carbocycles. The molecular formula is C15H21NO3. The van der Waals surface area contributed by atoms with Gasteiger partial charge in [0, 0.05) is 19.7 Å². The summed E-state index contributed by atoms with van der Waals surface area (Å²) < 4.78 is 10.3. The largest absolute Gasteiger partial charge is 0.465 e. The van der Waals surface area contributed by atoms with Crippen molar-refractivity contribution in [3.05, 3.63) is 35.4 Å². The van der Waals surface area contributed by atoms with Gasteiger partial charge in [0.05, 0.1) is 19.3 Å². The molecular weight excluding hydrogens is 242 g/mol. The molecule has 0 amide bonds. The van der Waals surface area contributed by atoms with E-state index in [-0.39, 0.29) is 5.97 Å². The van der Waals surface area contributed by atoms with Crippen LogP contribution in [0.5, 0.6) is 0 Å². The van der Waals surface area contributed by atoms with Crippen LogP contribution in [0, 0.1) is 5.92 Å². The van der Waals surface area contributed by atoms with Gasteiger partial charge in [-0.05, 0) is 30.4 Å². The first-order chi connectivity index (χ1) is 9.31. The molecule has 0 saturated heterocycles. The lowest BCUT2D eigenvalue weighted by Crippen LogP contribution is -2.21. The summed E-state index contributed by atoms with van der Waals surface area (Å²) in [5.74, 6) is 0.516. The number of ether oxygens (including phenoxy) is 2. The maximum Gasteiger partial charge on any atom is 0.338 e. The zero-order valence-electron chi connectivity index (χ0n) is 11.4. The predicted molar refractivity (Wildman–Crippen MR) is 73.0 cm³/mol. The zero-order chi connectivity index (χ0) is 13.5. The van der Waals surface area contributed by atoms with E-state index in [0.717, 1.165) is 31.2 Å². The van der Waals surface area contributed by atoms with Crippen LogP contribution < -0.4 is 5.32 Å². The highest BCUT2D eigenvalue weighted by Gasteiger charge is 2.20. The highest BCUT2D eigenvalue weighted by atomic mass is 16.5. The summed E-state index contributed by atoms with van der Waals surface area (Å²) in [6.07, 6.45) is 2.64. The van der Waals surface area contributed by atoms with E-state index in [1.165, 1.54) is 20.0 Å². The maximum absolute atomic E-state index is 11.6. The van der Waals surface area contributed by atoms with E-state index in [0.29, 0.717) is 12.1 Å². The quantitative estimate of drug-likeness (QED) is 0.575. The molecule has 1 aliphatic rings. The highest BCUT2D eigenvalue weighted by molar-refractivity contribution is 5.90. The van der Waals surface area contributed by atoms with Crippen LogP contribution in [-0.4, -0.2) is 32.8 Å². The number of esters is 1. The van der Waals surface area contributed by atoms with Gasteiger partial charge in [-0.3, -0.25) is 0 Å². The topological polar surface area (TPSA) is 47.6 Å². The number of benzene rings is 1. The standard InChI is InChI=1S/C15H21NO3/c1-18-15(17)14-5-3-2-4-13(14)10-16-8-9-19-11-12-6-7-12/h2-5,12,16H,6-11H2,1H3. The molecule has 1 aromatic rings. The Morgan fingerprint density at radius 2 is 2.16 bits per heavy atom. The number of rotatable bonds is 8. The Morgan fingerprint density at radius 1 is 1.37 bits per heavy atom. The van der Waals surface area contributed by atoms with Crippen molar-refractivity contribution in [3.63, 3.8) is 0 Å². The third kappa shape index (κ3) is 4.65. The first-order valence-corrected chi connectivity index (χ1v) is 6.76. The summed E-state index contributed by atoms with van der Waals surface area (Å²) in [6, 6.07) is 7.48. The molecule has 0 radical (unpaired) electrons. The van der Waals surface area contributed by atoms with Crippen molar-refractivity contribution in [1.29, 1.82) is 0 Å². The van der Waals surface area contributed by atoms with Crippen LogP contribution in [0.1, 0.15) is 28.8 Å². The van der Waals surface area contributed by atoms with Crippen molar-refractivity contribution in [2.45, 2.75) is 19.4 Å². The molecule has 0 atom stereocenters. The molecule has 2 rings (SSSR count). The summed E-state index contributed by atoms with van der Waals surface area (Å²) in [5.41, 5.74) is 1.58. The molecule has 0 bridgehead atoms. The third-order valence-electron chi connectivity index (χ3n) is 3.21. The predicted octanol–water partition coefficient (Wildman–Crippen LogP) is 1.99. The van der Waals surface area contributed by atoms with E-state index in [4.69, 9.17) is 9.47 Å². The molecule has 19 heavy (non-hydrogen) atoms. The molecule has 0 heterocycles. The minimum atomic E-state index is -0.289. The fourth-order valence-electron chi connectivity index (χ4n) is 1.89. The SMILES string of the molecule is COC(=O)c1ccccc1CNCCOCC1CC1. The minimum Gasteiger partial charge on any atom is -0.465 e. The summed E-state index contributed by atoms with van der Waals surface area (Å²) in [6.45, 7) is 3.05. The van der Waals surface area contributed by atoms with Gasteiger partial charge >= 0.3 is 5.97 Å². The number of nitrogens with one attached hydrogen (secondary N) is 1. The zero-order valence-corrected chi connectivity index (χ0v) is 11.4. The smallest absolute Gasteiger partial charge is 0.338 e. The van der Waals surface area contributed by atoms with Crippen LogP contribution in [0.15, 0.2) is 24.3 Å². The lowest BCUT2D eigenvalue weighted by atomic mass is 10.1. The summed E-state index contributed by atoms with van der Waals surface area (Å²) in [5, 5.41) is 3.28. The number of carbonyl (C=O) groups is 1. The molecule has 1 saturated carbocycles. The Hall–Kier alpha value is -1.39. The van der Waals surface area contributed by atoms with Crippen LogP contribution in [0.4, 0.5) is 0 Å². The van der Waals surface area contributed by atoms with Gasteiger partial charge in [-0.2, -0.15) is 0 Å². The molecule has 1 fully saturated rings. The van der Waals surface area contributed by atoms with Gasteiger partial charge in [0.15, 0.2) is 0 Å². The molecule has 0 spiro atoms. The van der Waals surface area contributed by atoms with Gasteiger partial charge in [0.25, 0.3) is 0 Å². The highest BCUT2D eigenvalue weighted by Crippen LogP contribution is 2.28. The molecule has 4 nitrogen and oxygen atoms in total. The fraction of sp³-hybridized carbons (Fsp3) is 0.533.